The number of hydrogen-bond acceptors (Lipinski definition) is 5. The van der Waals surface area contributed by atoms with Crippen molar-refractivity contribution in [3.63, 3.8) is 0 Å². The van der Waals surface area contributed by atoms with E-state index in [0.29, 0.717) is 48.0 Å². The Labute approximate surface area is 215 Å². The molecule has 6 rings (SSSR count). The summed E-state index contributed by atoms with van der Waals surface area (Å²) in [5, 5.41) is 3.85. The number of nitrogens with one attached hydrogen (secondary N) is 3. The van der Waals surface area contributed by atoms with Gasteiger partial charge in [-0.2, -0.15) is 0 Å². The summed E-state index contributed by atoms with van der Waals surface area (Å²) in [6.07, 6.45) is 7.01. The molecule has 4 aromatic rings. The van der Waals surface area contributed by atoms with Crippen molar-refractivity contribution in [2.45, 2.75) is 83.8 Å². The SMILES string of the molecule is CCCn1c(=O)c2[nH]c(C3CC4CCC(C3)C4NCCc3nc4ccccc4[nH]3)nc2n(CCC)c1=O. The van der Waals surface area contributed by atoms with Crippen LogP contribution >= 0.6 is 0 Å². The molecule has 2 fully saturated rings. The van der Waals surface area contributed by atoms with Gasteiger partial charge >= 0.3 is 5.69 Å². The first-order valence-electron chi connectivity index (χ1n) is 14.0. The molecule has 2 unspecified atom stereocenters. The molecule has 37 heavy (non-hydrogen) atoms. The van der Waals surface area contributed by atoms with E-state index in [4.69, 9.17) is 9.97 Å². The molecular formula is C28H37N7O2. The second kappa shape index (κ2) is 9.93. The Morgan fingerprint density at radius 2 is 1.70 bits per heavy atom. The van der Waals surface area contributed by atoms with Gasteiger partial charge in [-0.05, 0) is 62.5 Å². The first-order chi connectivity index (χ1) is 18.1. The summed E-state index contributed by atoms with van der Waals surface area (Å²) in [7, 11) is 0. The van der Waals surface area contributed by atoms with Crippen LogP contribution < -0.4 is 16.6 Å². The highest BCUT2D eigenvalue weighted by molar-refractivity contribution is 5.74. The van der Waals surface area contributed by atoms with E-state index in [1.54, 1.807) is 4.57 Å². The molecule has 2 aliphatic rings. The van der Waals surface area contributed by atoms with E-state index in [1.165, 1.54) is 17.4 Å². The van der Waals surface area contributed by atoms with Crippen LogP contribution in [0.25, 0.3) is 22.2 Å². The summed E-state index contributed by atoms with van der Waals surface area (Å²) >= 11 is 0. The van der Waals surface area contributed by atoms with Crippen LogP contribution in [0.15, 0.2) is 33.9 Å². The van der Waals surface area contributed by atoms with Crippen molar-refractivity contribution in [1.82, 2.24) is 34.4 Å². The van der Waals surface area contributed by atoms with E-state index in [1.807, 2.05) is 32.0 Å². The van der Waals surface area contributed by atoms with Crippen molar-refractivity contribution in [3.05, 3.63) is 56.8 Å². The molecule has 0 spiro atoms. The fourth-order valence-electron chi connectivity index (χ4n) is 6.79. The number of nitrogens with zero attached hydrogens (tertiary/aromatic N) is 4. The molecule has 3 N–H and O–H groups in total. The van der Waals surface area contributed by atoms with Gasteiger partial charge in [0, 0.05) is 38.0 Å². The number of aromatic nitrogens is 6. The molecule has 0 amide bonds. The Hall–Kier alpha value is -3.20. The van der Waals surface area contributed by atoms with E-state index in [2.05, 4.69) is 21.4 Å². The normalized spacial score (nSPS) is 23.4. The minimum atomic E-state index is -0.239. The molecule has 2 saturated carbocycles. The lowest BCUT2D eigenvalue weighted by molar-refractivity contribution is 0.229. The van der Waals surface area contributed by atoms with E-state index < -0.39 is 0 Å². The smallest absolute Gasteiger partial charge is 0.332 e. The fourth-order valence-corrected chi connectivity index (χ4v) is 6.79. The van der Waals surface area contributed by atoms with Crippen molar-refractivity contribution < 1.29 is 0 Å². The fraction of sp³-hybridized carbons (Fsp3) is 0.571. The third-order valence-electron chi connectivity index (χ3n) is 8.44. The number of imidazole rings is 2. The van der Waals surface area contributed by atoms with Crippen LogP contribution in [0, 0.1) is 11.8 Å². The van der Waals surface area contributed by atoms with Crippen molar-refractivity contribution >= 4 is 22.2 Å². The summed E-state index contributed by atoms with van der Waals surface area (Å²) in [5.74, 6) is 3.40. The molecule has 2 bridgehead atoms. The van der Waals surface area contributed by atoms with Crippen LogP contribution in [0.5, 0.6) is 0 Å². The zero-order chi connectivity index (χ0) is 25.5. The van der Waals surface area contributed by atoms with Crippen LogP contribution in [0.4, 0.5) is 0 Å². The maximum absolute atomic E-state index is 13.1. The first kappa shape index (κ1) is 24.2. The van der Waals surface area contributed by atoms with Gasteiger partial charge in [-0.25, -0.2) is 14.8 Å². The van der Waals surface area contributed by atoms with Gasteiger partial charge in [-0.15, -0.1) is 0 Å². The van der Waals surface area contributed by atoms with Gasteiger partial charge in [-0.3, -0.25) is 13.9 Å². The molecule has 3 heterocycles. The predicted molar refractivity (Wildman–Crippen MR) is 145 cm³/mol. The quantitative estimate of drug-likeness (QED) is 0.322. The maximum Gasteiger partial charge on any atom is 0.332 e. The Morgan fingerprint density at radius 3 is 2.43 bits per heavy atom. The number of benzene rings is 1. The standard InChI is InChI=1S/C28H37N7O2/c1-3-13-34-26-24(27(36)35(14-4-2)28(34)37)32-25(33-26)19-15-17-9-10-18(16-19)23(17)29-12-11-22-30-20-7-5-6-8-21(20)31-22/h5-8,17-19,23,29H,3-4,9-16H2,1-2H3,(H,30,31)(H,32,33). The van der Waals surface area contributed by atoms with E-state index in [0.717, 1.165) is 61.3 Å². The minimum absolute atomic E-state index is 0.239. The lowest BCUT2D eigenvalue weighted by atomic mass is 9.77. The summed E-state index contributed by atoms with van der Waals surface area (Å²) in [6, 6.07) is 8.69. The van der Waals surface area contributed by atoms with Gasteiger partial charge in [0.1, 0.15) is 17.2 Å². The summed E-state index contributed by atoms with van der Waals surface area (Å²) in [4.78, 5) is 42.6. The number of aryl methyl sites for hydroxylation is 1. The van der Waals surface area contributed by atoms with Crippen LogP contribution in [-0.4, -0.2) is 41.7 Å². The Morgan fingerprint density at radius 1 is 0.973 bits per heavy atom. The second-order valence-corrected chi connectivity index (χ2v) is 10.9. The van der Waals surface area contributed by atoms with Gasteiger partial charge in [0.05, 0.1) is 11.0 Å². The van der Waals surface area contributed by atoms with Gasteiger partial charge in [0.25, 0.3) is 5.56 Å². The molecule has 2 atom stereocenters. The highest BCUT2D eigenvalue weighted by Crippen LogP contribution is 2.48. The number of aromatic amines is 2. The Balaban J connectivity index is 1.18. The topological polar surface area (TPSA) is 113 Å². The van der Waals surface area contributed by atoms with Crippen molar-refractivity contribution in [3.8, 4) is 0 Å². The number of fused-ring (bicyclic) bond motifs is 4. The average molecular weight is 504 g/mol. The number of para-hydroxylation sites is 2. The lowest BCUT2D eigenvalue weighted by Crippen LogP contribution is -2.42. The average Bonchev–Trinajstić information content (AvgIpc) is 3.58. The van der Waals surface area contributed by atoms with Crippen LogP contribution in [0.3, 0.4) is 0 Å². The summed E-state index contributed by atoms with van der Waals surface area (Å²) in [5.41, 5.74) is 2.64. The van der Waals surface area contributed by atoms with Crippen molar-refractivity contribution in [2.75, 3.05) is 6.54 Å². The van der Waals surface area contributed by atoms with Gasteiger partial charge in [0.15, 0.2) is 5.65 Å². The number of rotatable bonds is 9. The molecule has 0 aliphatic heterocycles. The van der Waals surface area contributed by atoms with Gasteiger partial charge in [-0.1, -0.05) is 26.0 Å². The molecule has 9 nitrogen and oxygen atoms in total. The zero-order valence-corrected chi connectivity index (χ0v) is 21.8. The van der Waals surface area contributed by atoms with E-state index in [9.17, 15) is 9.59 Å². The zero-order valence-electron chi connectivity index (χ0n) is 21.8. The van der Waals surface area contributed by atoms with Gasteiger partial charge < -0.3 is 15.3 Å². The predicted octanol–water partition coefficient (Wildman–Crippen LogP) is 3.69. The third kappa shape index (κ3) is 4.33. The van der Waals surface area contributed by atoms with Crippen LogP contribution in [-0.2, 0) is 19.5 Å². The second-order valence-electron chi connectivity index (χ2n) is 10.9. The molecule has 0 saturated heterocycles. The highest BCUT2D eigenvalue weighted by Gasteiger charge is 2.43. The molecule has 3 aromatic heterocycles. The Bertz CT molecular complexity index is 1480. The monoisotopic (exact) mass is 503 g/mol. The van der Waals surface area contributed by atoms with Crippen LogP contribution in [0.1, 0.15) is 69.9 Å². The third-order valence-corrected chi connectivity index (χ3v) is 8.44. The molecule has 196 valence electrons. The largest absolute Gasteiger partial charge is 0.342 e. The molecule has 9 heteroatoms. The van der Waals surface area contributed by atoms with Crippen LogP contribution in [0.2, 0.25) is 0 Å². The van der Waals surface area contributed by atoms with Crippen molar-refractivity contribution in [2.24, 2.45) is 11.8 Å². The highest BCUT2D eigenvalue weighted by atomic mass is 16.2. The summed E-state index contributed by atoms with van der Waals surface area (Å²) in [6.45, 7) is 5.93. The van der Waals surface area contributed by atoms with Crippen molar-refractivity contribution in [1.29, 1.82) is 0 Å². The number of H-pyrrole nitrogens is 2. The first-order valence-corrected chi connectivity index (χ1v) is 14.0. The summed E-state index contributed by atoms with van der Waals surface area (Å²) < 4.78 is 3.05. The van der Waals surface area contributed by atoms with E-state index in [-0.39, 0.29) is 11.2 Å². The Kier molecular flexibility index (Phi) is 6.48. The molecule has 1 aromatic carbocycles. The minimum Gasteiger partial charge on any atom is -0.342 e. The van der Waals surface area contributed by atoms with E-state index >= 15 is 0 Å². The molecule has 0 radical (unpaired) electrons. The van der Waals surface area contributed by atoms with Gasteiger partial charge in [0.2, 0.25) is 0 Å². The molecular weight excluding hydrogens is 466 g/mol. The maximum atomic E-state index is 13.1. The number of hydrogen-bond donors (Lipinski definition) is 3. The lowest BCUT2D eigenvalue weighted by Gasteiger charge is -2.35. The molecule has 2 aliphatic carbocycles.